The topological polar surface area (TPSA) is 58.2 Å². The average Bonchev–Trinajstić information content (AvgIpc) is 2.37. The van der Waals surface area contributed by atoms with Crippen molar-refractivity contribution < 1.29 is 12.8 Å². The quantitative estimate of drug-likeness (QED) is 0.775. The lowest BCUT2D eigenvalue weighted by molar-refractivity contribution is 0.529. The maximum atomic E-state index is 13.9. The van der Waals surface area contributed by atoms with Gasteiger partial charge in [-0.1, -0.05) is 33.3 Å². The van der Waals surface area contributed by atoms with Gasteiger partial charge in [-0.15, -0.1) is 0 Å². The Balaban J connectivity index is 2.96. The van der Waals surface area contributed by atoms with Crippen LogP contribution in [0.4, 0.5) is 4.39 Å². The second-order valence-electron chi connectivity index (χ2n) is 5.61. The Morgan fingerprint density at radius 1 is 1.24 bits per heavy atom. The Morgan fingerprint density at radius 2 is 1.90 bits per heavy atom. The first kappa shape index (κ1) is 18.1. The van der Waals surface area contributed by atoms with E-state index in [1.54, 1.807) is 13.0 Å². The molecule has 0 spiro atoms. The predicted molar refractivity (Wildman–Crippen MR) is 83.1 cm³/mol. The third-order valence-corrected chi connectivity index (χ3v) is 4.68. The van der Waals surface area contributed by atoms with Gasteiger partial charge in [0.2, 0.25) is 10.0 Å². The van der Waals surface area contributed by atoms with E-state index in [-0.39, 0.29) is 17.0 Å². The SMILES string of the molecule is CCCC(C)NS(=O)(=O)c1cc(CNC(C)C)ccc1F. The van der Waals surface area contributed by atoms with Crippen LogP contribution in [-0.4, -0.2) is 20.5 Å². The van der Waals surface area contributed by atoms with Crippen molar-refractivity contribution >= 4 is 10.0 Å². The molecular formula is C15H25FN2O2S. The van der Waals surface area contributed by atoms with Crippen LogP contribution in [0.1, 0.15) is 46.1 Å². The molecular weight excluding hydrogens is 291 g/mol. The molecule has 0 aliphatic heterocycles. The number of hydrogen-bond donors (Lipinski definition) is 2. The van der Waals surface area contributed by atoms with E-state index in [4.69, 9.17) is 0 Å². The molecule has 0 saturated heterocycles. The molecule has 1 unspecified atom stereocenters. The van der Waals surface area contributed by atoms with Gasteiger partial charge >= 0.3 is 0 Å². The van der Waals surface area contributed by atoms with Crippen LogP contribution in [-0.2, 0) is 16.6 Å². The summed E-state index contributed by atoms with van der Waals surface area (Å²) in [5, 5.41) is 3.18. The summed E-state index contributed by atoms with van der Waals surface area (Å²) in [6, 6.07) is 4.26. The second kappa shape index (κ2) is 7.87. The van der Waals surface area contributed by atoms with Crippen LogP contribution in [0.3, 0.4) is 0 Å². The number of nitrogens with one attached hydrogen (secondary N) is 2. The largest absolute Gasteiger partial charge is 0.310 e. The highest BCUT2D eigenvalue weighted by atomic mass is 32.2. The molecule has 0 fully saturated rings. The molecule has 4 nitrogen and oxygen atoms in total. The lowest BCUT2D eigenvalue weighted by Gasteiger charge is -2.15. The van der Waals surface area contributed by atoms with Gasteiger partial charge in [0.1, 0.15) is 10.7 Å². The number of rotatable bonds is 8. The molecule has 0 radical (unpaired) electrons. The van der Waals surface area contributed by atoms with Gasteiger partial charge in [-0.3, -0.25) is 0 Å². The predicted octanol–water partition coefficient (Wildman–Crippen LogP) is 2.79. The zero-order chi connectivity index (χ0) is 16.0. The third kappa shape index (κ3) is 5.73. The summed E-state index contributed by atoms with van der Waals surface area (Å²) in [5.41, 5.74) is 0.744. The van der Waals surface area contributed by atoms with Crippen molar-refractivity contribution in [1.82, 2.24) is 10.0 Å². The second-order valence-corrected chi connectivity index (χ2v) is 7.29. The van der Waals surface area contributed by atoms with Crippen LogP contribution in [0, 0.1) is 5.82 Å². The van der Waals surface area contributed by atoms with Crippen LogP contribution in [0.5, 0.6) is 0 Å². The number of benzene rings is 1. The van der Waals surface area contributed by atoms with Gasteiger partial charge in [-0.25, -0.2) is 17.5 Å². The fourth-order valence-corrected chi connectivity index (χ4v) is 3.41. The third-order valence-electron chi connectivity index (χ3n) is 3.08. The molecule has 120 valence electrons. The molecule has 0 heterocycles. The zero-order valence-corrected chi connectivity index (χ0v) is 13.9. The summed E-state index contributed by atoms with van der Waals surface area (Å²) in [7, 11) is -3.83. The van der Waals surface area contributed by atoms with Crippen LogP contribution >= 0.6 is 0 Å². The number of sulfonamides is 1. The molecule has 0 aliphatic rings. The smallest absolute Gasteiger partial charge is 0.243 e. The molecule has 0 aromatic heterocycles. The summed E-state index contributed by atoms with van der Waals surface area (Å²) in [5.74, 6) is -0.723. The molecule has 2 N–H and O–H groups in total. The van der Waals surface area contributed by atoms with Gasteiger partial charge in [0.05, 0.1) is 0 Å². The summed E-state index contributed by atoms with van der Waals surface area (Å²) in [6.45, 7) is 8.25. The van der Waals surface area contributed by atoms with Crippen LogP contribution < -0.4 is 10.0 Å². The first-order valence-electron chi connectivity index (χ1n) is 7.30. The van der Waals surface area contributed by atoms with E-state index < -0.39 is 15.8 Å². The van der Waals surface area contributed by atoms with Crippen molar-refractivity contribution in [2.45, 2.75) is 64.1 Å². The highest BCUT2D eigenvalue weighted by Crippen LogP contribution is 2.17. The van der Waals surface area contributed by atoms with E-state index in [0.29, 0.717) is 6.54 Å². The number of halogens is 1. The van der Waals surface area contributed by atoms with E-state index in [1.165, 1.54) is 12.1 Å². The van der Waals surface area contributed by atoms with Gasteiger partial charge in [-0.05, 0) is 31.0 Å². The first-order chi connectivity index (χ1) is 9.76. The van der Waals surface area contributed by atoms with Gasteiger partial charge in [-0.2, -0.15) is 0 Å². The standard InChI is InChI=1S/C15H25FN2O2S/c1-5-6-12(4)18-21(19,20)15-9-13(7-8-14(15)16)10-17-11(2)3/h7-9,11-12,17-18H,5-6,10H2,1-4H3. The molecule has 0 bridgehead atoms. The summed E-state index contributed by atoms with van der Waals surface area (Å²) < 4.78 is 40.9. The minimum atomic E-state index is -3.83. The van der Waals surface area contributed by atoms with E-state index in [2.05, 4.69) is 10.0 Å². The molecule has 1 rings (SSSR count). The first-order valence-corrected chi connectivity index (χ1v) is 8.78. The minimum Gasteiger partial charge on any atom is -0.310 e. The lowest BCUT2D eigenvalue weighted by atomic mass is 10.2. The van der Waals surface area contributed by atoms with Crippen LogP contribution in [0.25, 0.3) is 0 Å². The fraction of sp³-hybridized carbons (Fsp3) is 0.600. The van der Waals surface area contributed by atoms with Gasteiger partial charge < -0.3 is 5.32 Å². The Kier molecular flexibility index (Phi) is 6.77. The molecule has 6 heteroatoms. The molecule has 1 aromatic carbocycles. The maximum Gasteiger partial charge on any atom is 0.243 e. The molecule has 21 heavy (non-hydrogen) atoms. The van der Waals surface area contributed by atoms with E-state index in [0.717, 1.165) is 18.4 Å². The van der Waals surface area contributed by atoms with Crippen LogP contribution in [0.2, 0.25) is 0 Å². The van der Waals surface area contributed by atoms with Crippen molar-refractivity contribution in [2.24, 2.45) is 0 Å². The van der Waals surface area contributed by atoms with E-state index in [9.17, 15) is 12.8 Å². The monoisotopic (exact) mass is 316 g/mol. The lowest BCUT2D eigenvalue weighted by Crippen LogP contribution is -2.33. The van der Waals surface area contributed by atoms with Crippen molar-refractivity contribution in [1.29, 1.82) is 0 Å². The summed E-state index contributed by atoms with van der Waals surface area (Å²) in [6.07, 6.45) is 1.58. The Morgan fingerprint density at radius 3 is 2.48 bits per heavy atom. The van der Waals surface area contributed by atoms with Gasteiger partial charge in [0.15, 0.2) is 0 Å². The fourth-order valence-electron chi connectivity index (χ4n) is 2.01. The van der Waals surface area contributed by atoms with Crippen molar-refractivity contribution in [2.75, 3.05) is 0 Å². The van der Waals surface area contributed by atoms with E-state index >= 15 is 0 Å². The minimum absolute atomic E-state index is 0.211. The molecule has 1 atom stereocenters. The molecule has 1 aromatic rings. The van der Waals surface area contributed by atoms with E-state index in [1.807, 2.05) is 20.8 Å². The van der Waals surface area contributed by atoms with Crippen molar-refractivity contribution in [3.8, 4) is 0 Å². The Bertz CT molecular complexity index is 559. The highest BCUT2D eigenvalue weighted by Gasteiger charge is 2.21. The molecule has 0 aliphatic carbocycles. The molecule has 0 saturated carbocycles. The van der Waals surface area contributed by atoms with Gasteiger partial charge in [0.25, 0.3) is 0 Å². The molecule has 0 amide bonds. The summed E-state index contributed by atoms with van der Waals surface area (Å²) in [4.78, 5) is -0.284. The average molecular weight is 316 g/mol. The highest BCUT2D eigenvalue weighted by molar-refractivity contribution is 7.89. The zero-order valence-electron chi connectivity index (χ0n) is 13.1. The summed E-state index contributed by atoms with van der Waals surface area (Å²) >= 11 is 0. The van der Waals surface area contributed by atoms with Crippen molar-refractivity contribution in [3.05, 3.63) is 29.6 Å². The maximum absolute atomic E-state index is 13.9. The Labute approximate surface area is 127 Å². The van der Waals surface area contributed by atoms with Crippen molar-refractivity contribution in [3.63, 3.8) is 0 Å². The normalized spacial score (nSPS) is 13.6. The number of hydrogen-bond acceptors (Lipinski definition) is 3. The van der Waals surface area contributed by atoms with Gasteiger partial charge in [0, 0.05) is 18.6 Å². The van der Waals surface area contributed by atoms with Crippen LogP contribution in [0.15, 0.2) is 23.1 Å². The Hall–Kier alpha value is -0.980.